The van der Waals surface area contributed by atoms with Gasteiger partial charge in [0.25, 0.3) is 0 Å². The lowest BCUT2D eigenvalue weighted by Crippen LogP contribution is -2.56. The number of rotatable bonds is 5. The summed E-state index contributed by atoms with van der Waals surface area (Å²) in [6, 6.07) is 9.06. The largest absolute Gasteiger partial charge is 0.378 e. The molecule has 1 N–H and O–H groups in total. The van der Waals surface area contributed by atoms with Crippen LogP contribution in [0.4, 0.5) is 0 Å². The van der Waals surface area contributed by atoms with Crippen molar-refractivity contribution in [2.45, 2.75) is 50.5 Å². The number of aryl methyl sites for hydroxylation is 1. The summed E-state index contributed by atoms with van der Waals surface area (Å²) in [5, 5.41) is 3.47. The molecule has 3 rings (SSSR count). The quantitative estimate of drug-likeness (QED) is 0.877. The zero-order valence-corrected chi connectivity index (χ0v) is 12.0. The van der Waals surface area contributed by atoms with E-state index in [9.17, 15) is 0 Å². The number of benzene rings is 1. The molecule has 0 aromatic heterocycles. The second kappa shape index (κ2) is 5.64. The lowest BCUT2D eigenvalue weighted by Gasteiger charge is -2.44. The summed E-state index contributed by atoms with van der Waals surface area (Å²) >= 11 is 0. The first kappa shape index (κ1) is 13.1. The molecule has 0 bridgehead atoms. The maximum Gasteiger partial charge on any atom is 0.0576 e. The van der Waals surface area contributed by atoms with E-state index in [2.05, 4.69) is 36.5 Å². The highest BCUT2D eigenvalue weighted by atomic mass is 16.5. The maximum atomic E-state index is 5.73. The topological polar surface area (TPSA) is 21.3 Å². The van der Waals surface area contributed by atoms with Gasteiger partial charge in [0.2, 0.25) is 0 Å². The molecule has 1 aromatic carbocycles. The summed E-state index contributed by atoms with van der Waals surface area (Å²) in [6.45, 7) is 5.45. The van der Waals surface area contributed by atoms with Gasteiger partial charge in [-0.15, -0.1) is 0 Å². The Hall–Kier alpha value is -0.860. The van der Waals surface area contributed by atoms with Gasteiger partial charge in [0.05, 0.1) is 6.10 Å². The Balaban J connectivity index is 1.59. The second-order valence-electron chi connectivity index (χ2n) is 6.28. The molecule has 2 saturated heterocycles. The number of hydrogen-bond acceptors (Lipinski definition) is 2. The standard InChI is InChI=1S/C17H25NO/c1-14-5-2-6-15(11-14)17(12-18-13-17)9-3-7-16-8-4-10-19-16/h2,5-6,11,16,18H,3-4,7-10,12-13H2,1H3. The molecule has 1 unspecified atom stereocenters. The molecular weight excluding hydrogens is 234 g/mol. The van der Waals surface area contributed by atoms with Gasteiger partial charge in [-0.1, -0.05) is 29.8 Å². The van der Waals surface area contributed by atoms with Crippen molar-refractivity contribution >= 4 is 0 Å². The van der Waals surface area contributed by atoms with Crippen molar-refractivity contribution in [1.82, 2.24) is 5.32 Å². The van der Waals surface area contributed by atoms with Crippen molar-refractivity contribution in [3.63, 3.8) is 0 Å². The Bertz CT molecular complexity index is 419. The lowest BCUT2D eigenvalue weighted by atomic mass is 9.71. The summed E-state index contributed by atoms with van der Waals surface area (Å²) in [5.41, 5.74) is 3.30. The molecule has 2 aliphatic heterocycles. The van der Waals surface area contributed by atoms with Crippen molar-refractivity contribution in [3.8, 4) is 0 Å². The Morgan fingerprint density at radius 1 is 1.37 bits per heavy atom. The van der Waals surface area contributed by atoms with Crippen LogP contribution < -0.4 is 5.32 Å². The van der Waals surface area contributed by atoms with E-state index in [0.29, 0.717) is 11.5 Å². The van der Waals surface area contributed by atoms with Crippen molar-refractivity contribution in [3.05, 3.63) is 35.4 Å². The van der Waals surface area contributed by atoms with Crippen LogP contribution in [-0.4, -0.2) is 25.8 Å². The van der Waals surface area contributed by atoms with Gasteiger partial charge < -0.3 is 10.1 Å². The smallest absolute Gasteiger partial charge is 0.0576 e. The van der Waals surface area contributed by atoms with Gasteiger partial charge >= 0.3 is 0 Å². The fourth-order valence-corrected chi connectivity index (χ4v) is 3.47. The van der Waals surface area contributed by atoms with Crippen LogP contribution in [0.5, 0.6) is 0 Å². The van der Waals surface area contributed by atoms with Gasteiger partial charge in [-0.3, -0.25) is 0 Å². The molecule has 2 nitrogen and oxygen atoms in total. The molecule has 2 aliphatic rings. The van der Waals surface area contributed by atoms with Crippen LogP contribution in [0.15, 0.2) is 24.3 Å². The third kappa shape index (κ3) is 2.85. The molecule has 1 aromatic rings. The minimum atomic E-state index is 0.393. The minimum Gasteiger partial charge on any atom is -0.378 e. The molecule has 19 heavy (non-hydrogen) atoms. The number of nitrogens with one attached hydrogen (secondary N) is 1. The van der Waals surface area contributed by atoms with Gasteiger partial charge in [0, 0.05) is 25.1 Å². The fraction of sp³-hybridized carbons (Fsp3) is 0.647. The van der Waals surface area contributed by atoms with E-state index in [1.165, 1.54) is 43.2 Å². The Morgan fingerprint density at radius 3 is 2.89 bits per heavy atom. The summed E-state index contributed by atoms with van der Waals surface area (Å²) in [5.74, 6) is 0. The van der Waals surface area contributed by atoms with Gasteiger partial charge in [-0.25, -0.2) is 0 Å². The van der Waals surface area contributed by atoms with Crippen LogP contribution in [-0.2, 0) is 10.2 Å². The highest BCUT2D eigenvalue weighted by Crippen LogP contribution is 2.35. The van der Waals surface area contributed by atoms with E-state index in [1.807, 2.05) is 0 Å². The first-order valence-corrected chi connectivity index (χ1v) is 7.68. The van der Waals surface area contributed by atoms with E-state index in [0.717, 1.165) is 19.7 Å². The molecule has 2 heteroatoms. The normalized spacial score (nSPS) is 25.2. The number of hydrogen-bond donors (Lipinski definition) is 1. The summed E-state index contributed by atoms with van der Waals surface area (Å²) < 4.78 is 5.73. The van der Waals surface area contributed by atoms with Crippen molar-refractivity contribution < 1.29 is 4.74 Å². The van der Waals surface area contributed by atoms with Crippen LogP contribution >= 0.6 is 0 Å². The van der Waals surface area contributed by atoms with Crippen LogP contribution in [0.3, 0.4) is 0 Å². The van der Waals surface area contributed by atoms with E-state index < -0.39 is 0 Å². The molecule has 0 aliphatic carbocycles. The van der Waals surface area contributed by atoms with Crippen LogP contribution in [0.25, 0.3) is 0 Å². The Kier molecular flexibility index (Phi) is 3.90. The lowest BCUT2D eigenvalue weighted by molar-refractivity contribution is 0.0980. The van der Waals surface area contributed by atoms with E-state index in [-0.39, 0.29) is 0 Å². The van der Waals surface area contributed by atoms with Crippen LogP contribution in [0.2, 0.25) is 0 Å². The third-order valence-corrected chi connectivity index (χ3v) is 4.76. The molecule has 2 heterocycles. The zero-order valence-electron chi connectivity index (χ0n) is 12.0. The highest BCUT2D eigenvalue weighted by Gasteiger charge is 2.38. The van der Waals surface area contributed by atoms with Gasteiger partial charge in [-0.05, 0) is 44.6 Å². The maximum absolute atomic E-state index is 5.73. The van der Waals surface area contributed by atoms with Crippen molar-refractivity contribution in [2.24, 2.45) is 0 Å². The van der Waals surface area contributed by atoms with Crippen LogP contribution in [0.1, 0.15) is 43.2 Å². The molecule has 2 fully saturated rings. The first-order valence-electron chi connectivity index (χ1n) is 7.68. The molecule has 0 spiro atoms. The third-order valence-electron chi connectivity index (χ3n) is 4.76. The van der Waals surface area contributed by atoms with E-state index >= 15 is 0 Å². The molecule has 0 saturated carbocycles. The molecule has 0 amide bonds. The van der Waals surface area contributed by atoms with Crippen molar-refractivity contribution in [1.29, 1.82) is 0 Å². The van der Waals surface area contributed by atoms with Crippen LogP contribution in [0, 0.1) is 6.92 Å². The predicted molar refractivity (Wildman–Crippen MR) is 78.6 cm³/mol. The molecular formula is C17H25NO. The molecule has 1 atom stereocenters. The Labute approximate surface area is 116 Å². The fourth-order valence-electron chi connectivity index (χ4n) is 3.47. The first-order chi connectivity index (χ1) is 9.28. The van der Waals surface area contributed by atoms with E-state index in [1.54, 1.807) is 0 Å². The van der Waals surface area contributed by atoms with Gasteiger partial charge in [0.15, 0.2) is 0 Å². The van der Waals surface area contributed by atoms with Gasteiger partial charge in [0.1, 0.15) is 0 Å². The molecule has 104 valence electrons. The summed E-state index contributed by atoms with van der Waals surface area (Å²) in [4.78, 5) is 0. The average Bonchev–Trinajstić information content (AvgIpc) is 2.85. The average molecular weight is 259 g/mol. The highest BCUT2D eigenvalue weighted by molar-refractivity contribution is 5.33. The SMILES string of the molecule is Cc1cccc(C2(CCCC3CCCO3)CNC2)c1. The minimum absolute atomic E-state index is 0.393. The summed E-state index contributed by atoms with van der Waals surface area (Å²) in [6.07, 6.45) is 6.91. The number of ether oxygens (including phenoxy) is 1. The van der Waals surface area contributed by atoms with E-state index in [4.69, 9.17) is 4.74 Å². The Morgan fingerprint density at radius 2 is 2.26 bits per heavy atom. The monoisotopic (exact) mass is 259 g/mol. The molecule has 0 radical (unpaired) electrons. The van der Waals surface area contributed by atoms with Gasteiger partial charge in [-0.2, -0.15) is 0 Å². The predicted octanol–water partition coefficient (Wildman–Crippen LogP) is 3.19. The zero-order chi connectivity index (χ0) is 13.1. The summed E-state index contributed by atoms with van der Waals surface area (Å²) in [7, 11) is 0. The second-order valence-corrected chi connectivity index (χ2v) is 6.28. The van der Waals surface area contributed by atoms with Crippen molar-refractivity contribution in [2.75, 3.05) is 19.7 Å².